The Kier molecular flexibility index (Phi) is 4.64. The van der Waals surface area contributed by atoms with E-state index in [1.165, 1.54) is 32.5 Å². The van der Waals surface area contributed by atoms with Gasteiger partial charge in [0.05, 0.1) is 12.8 Å². The van der Waals surface area contributed by atoms with Crippen LogP contribution in [0.5, 0.6) is 5.88 Å². The standard InChI is InChI=1S/C13H22N4O/c1-18-13-11(14)5-6-12(16-13)15-7-4-10-17-8-2-3-9-17/h5-6H,2-4,7-10,14H2,1H3,(H,15,16). The summed E-state index contributed by atoms with van der Waals surface area (Å²) in [6, 6.07) is 3.70. The zero-order valence-corrected chi connectivity index (χ0v) is 11.0. The molecule has 1 fully saturated rings. The number of aromatic nitrogens is 1. The van der Waals surface area contributed by atoms with Crippen LogP contribution in [-0.4, -0.2) is 43.2 Å². The van der Waals surface area contributed by atoms with Crippen LogP contribution in [0.2, 0.25) is 0 Å². The highest BCUT2D eigenvalue weighted by Gasteiger charge is 2.10. The lowest BCUT2D eigenvalue weighted by atomic mass is 10.3. The van der Waals surface area contributed by atoms with E-state index in [1.54, 1.807) is 7.11 Å². The molecule has 1 aromatic rings. The average molecular weight is 250 g/mol. The summed E-state index contributed by atoms with van der Waals surface area (Å²) in [5, 5.41) is 3.30. The molecule has 0 unspecified atom stereocenters. The van der Waals surface area contributed by atoms with Crippen LogP contribution in [0.1, 0.15) is 19.3 Å². The number of rotatable bonds is 6. The molecule has 1 aromatic heterocycles. The van der Waals surface area contributed by atoms with Crippen molar-refractivity contribution in [3.8, 4) is 5.88 Å². The number of ether oxygens (including phenoxy) is 1. The van der Waals surface area contributed by atoms with Crippen molar-refractivity contribution in [3.05, 3.63) is 12.1 Å². The van der Waals surface area contributed by atoms with Crippen molar-refractivity contribution in [2.75, 3.05) is 44.3 Å². The van der Waals surface area contributed by atoms with E-state index in [0.29, 0.717) is 11.6 Å². The molecule has 2 heterocycles. The Hall–Kier alpha value is -1.49. The van der Waals surface area contributed by atoms with E-state index in [9.17, 15) is 0 Å². The lowest BCUT2D eigenvalue weighted by Crippen LogP contribution is -2.22. The summed E-state index contributed by atoms with van der Waals surface area (Å²) < 4.78 is 5.09. The van der Waals surface area contributed by atoms with Crippen molar-refractivity contribution in [1.29, 1.82) is 0 Å². The van der Waals surface area contributed by atoms with E-state index in [2.05, 4.69) is 15.2 Å². The summed E-state index contributed by atoms with van der Waals surface area (Å²) in [4.78, 5) is 6.80. The van der Waals surface area contributed by atoms with Crippen LogP contribution in [-0.2, 0) is 0 Å². The Morgan fingerprint density at radius 1 is 1.39 bits per heavy atom. The number of nitrogens with one attached hydrogen (secondary N) is 1. The van der Waals surface area contributed by atoms with Crippen molar-refractivity contribution in [2.24, 2.45) is 0 Å². The number of hydrogen-bond acceptors (Lipinski definition) is 5. The first-order chi connectivity index (χ1) is 8.79. The van der Waals surface area contributed by atoms with Gasteiger partial charge in [0.15, 0.2) is 0 Å². The molecule has 3 N–H and O–H groups in total. The molecule has 1 saturated heterocycles. The smallest absolute Gasteiger partial charge is 0.238 e. The Labute approximate surface area is 108 Å². The van der Waals surface area contributed by atoms with E-state index >= 15 is 0 Å². The van der Waals surface area contributed by atoms with Crippen LogP contribution in [0, 0.1) is 0 Å². The lowest BCUT2D eigenvalue weighted by Gasteiger charge is -2.14. The number of pyridine rings is 1. The first-order valence-electron chi connectivity index (χ1n) is 6.56. The van der Waals surface area contributed by atoms with Crippen molar-refractivity contribution < 1.29 is 4.74 Å². The summed E-state index contributed by atoms with van der Waals surface area (Å²) in [5.41, 5.74) is 6.29. The third-order valence-corrected chi connectivity index (χ3v) is 3.24. The van der Waals surface area contributed by atoms with Gasteiger partial charge in [-0.2, -0.15) is 4.98 Å². The normalized spacial score (nSPS) is 15.8. The van der Waals surface area contributed by atoms with Crippen molar-refractivity contribution in [1.82, 2.24) is 9.88 Å². The first kappa shape index (κ1) is 13.0. The molecule has 0 aromatic carbocycles. The monoisotopic (exact) mass is 250 g/mol. The summed E-state index contributed by atoms with van der Waals surface area (Å²) in [6.45, 7) is 4.61. The van der Waals surface area contributed by atoms with Gasteiger partial charge in [0.1, 0.15) is 5.82 Å². The molecule has 0 aliphatic carbocycles. The van der Waals surface area contributed by atoms with Gasteiger partial charge in [-0.05, 0) is 51.0 Å². The fourth-order valence-corrected chi connectivity index (χ4v) is 2.24. The molecule has 100 valence electrons. The second kappa shape index (κ2) is 6.44. The summed E-state index contributed by atoms with van der Waals surface area (Å²) in [7, 11) is 1.58. The number of hydrogen-bond donors (Lipinski definition) is 2. The molecule has 0 bridgehead atoms. The van der Waals surface area contributed by atoms with Gasteiger partial charge in [-0.1, -0.05) is 0 Å². The fourth-order valence-electron chi connectivity index (χ4n) is 2.24. The van der Waals surface area contributed by atoms with Crippen LogP contribution in [0.25, 0.3) is 0 Å². The Balaban J connectivity index is 1.72. The van der Waals surface area contributed by atoms with Gasteiger partial charge in [0, 0.05) is 6.54 Å². The van der Waals surface area contributed by atoms with E-state index in [4.69, 9.17) is 10.5 Å². The maximum absolute atomic E-state index is 5.72. The van der Waals surface area contributed by atoms with E-state index in [-0.39, 0.29) is 0 Å². The highest BCUT2D eigenvalue weighted by Crippen LogP contribution is 2.20. The molecule has 5 nitrogen and oxygen atoms in total. The molecule has 5 heteroatoms. The quantitative estimate of drug-likeness (QED) is 0.750. The Bertz CT molecular complexity index is 377. The molecule has 0 radical (unpaired) electrons. The van der Waals surface area contributed by atoms with Gasteiger partial charge >= 0.3 is 0 Å². The molecule has 2 rings (SSSR count). The van der Waals surface area contributed by atoms with Crippen LogP contribution in [0.15, 0.2) is 12.1 Å². The summed E-state index contributed by atoms with van der Waals surface area (Å²) in [6.07, 6.45) is 3.84. The average Bonchev–Trinajstić information content (AvgIpc) is 2.89. The van der Waals surface area contributed by atoms with Gasteiger partial charge in [0.2, 0.25) is 5.88 Å². The number of anilines is 2. The predicted molar refractivity (Wildman–Crippen MR) is 74.0 cm³/mol. The number of likely N-dealkylation sites (tertiary alicyclic amines) is 1. The number of nitrogen functional groups attached to an aromatic ring is 1. The third-order valence-electron chi connectivity index (χ3n) is 3.24. The molecular formula is C13H22N4O. The molecule has 0 atom stereocenters. The Morgan fingerprint density at radius 2 is 2.17 bits per heavy atom. The molecule has 1 aliphatic heterocycles. The van der Waals surface area contributed by atoms with Gasteiger partial charge in [0.25, 0.3) is 0 Å². The number of nitrogens with two attached hydrogens (primary N) is 1. The first-order valence-corrected chi connectivity index (χ1v) is 6.56. The Morgan fingerprint density at radius 3 is 2.89 bits per heavy atom. The van der Waals surface area contributed by atoms with Crippen LogP contribution in [0.4, 0.5) is 11.5 Å². The van der Waals surface area contributed by atoms with E-state index in [0.717, 1.165) is 18.8 Å². The van der Waals surface area contributed by atoms with Gasteiger partial charge in [-0.25, -0.2) is 0 Å². The largest absolute Gasteiger partial charge is 0.479 e. The van der Waals surface area contributed by atoms with E-state index in [1.807, 2.05) is 12.1 Å². The van der Waals surface area contributed by atoms with Gasteiger partial charge in [-0.15, -0.1) is 0 Å². The molecular weight excluding hydrogens is 228 g/mol. The highest BCUT2D eigenvalue weighted by atomic mass is 16.5. The minimum Gasteiger partial charge on any atom is -0.479 e. The van der Waals surface area contributed by atoms with Crippen LogP contribution in [0.3, 0.4) is 0 Å². The zero-order valence-electron chi connectivity index (χ0n) is 11.0. The summed E-state index contributed by atoms with van der Waals surface area (Å²) in [5.74, 6) is 1.31. The fraction of sp³-hybridized carbons (Fsp3) is 0.615. The second-order valence-corrected chi connectivity index (χ2v) is 4.62. The van der Waals surface area contributed by atoms with Gasteiger partial charge in [-0.3, -0.25) is 0 Å². The molecule has 0 saturated carbocycles. The highest BCUT2D eigenvalue weighted by molar-refractivity contribution is 5.53. The molecule has 0 amide bonds. The van der Waals surface area contributed by atoms with Crippen molar-refractivity contribution in [3.63, 3.8) is 0 Å². The third kappa shape index (κ3) is 3.50. The summed E-state index contributed by atoms with van der Waals surface area (Å²) >= 11 is 0. The maximum Gasteiger partial charge on any atom is 0.238 e. The van der Waals surface area contributed by atoms with Gasteiger partial charge < -0.3 is 20.7 Å². The minimum atomic E-state index is 0.486. The number of methoxy groups -OCH3 is 1. The molecule has 1 aliphatic rings. The second-order valence-electron chi connectivity index (χ2n) is 4.62. The molecule has 0 spiro atoms. The zero-order chi connectivity index (χ0) is 12.8. The maximum atomic E-state index is 5.72. The number of nitrogens with zero attached hydrogens (tertiary/aromatic N) is 2. The van der Waals surface area contributed by atoms with E-state index < -0.39 is 0 Å². The van der Waals surface area contributed by atoms with Crippen molar-refractivity contribution in [2.45, 2.75) is 19.3 Å². The SMILES string of the molecule is COc1nc(NCCCN2CCCC2)ccc1N. The van der Waals surface area contributed by atoms with Crippen LogP contribution >= 0.6 is 0 Å². The lowest BCUT2D eigenvalue weighted by molar-refractivity contribution is 0.337. The van der Waals surface area contributed by atoms with Crippen molar-refractivity contribution >= 4 is 11.5 Å². The minimum absolute atomic E-state index is 0.486. The van der Waals surface area contributed by atoms with Crippen LogP contribution < -0.4 is 15.8 Å². The topological polar surface area (TPSA) is 63.4 Å². The predicted octanol–water partition coefficient (Wildman–Crippen LogP) is 1.57. The molecule has 18 heavy (non-hydrogen) atoms.